The first-order valence-electron chi connectivity index (χ1n) is 7.78. The number of hydrogen-bond donors (Lipinski definition) is 1. The molecule has 1 nitrogen and oxygen atoms in total. The van der Waals surface area contributed by atoms with Crippen molar-refractivity contribution in [1.29, 1.82) is 0 Å². The molecule has 5 atom stereocenters. The van der Waals surface area contributed by atoms with Crippen LogP contribution in [-0.4, -0.2) is 23.1 Å². The van der Waals surface area contributed by atoms with Gasteiger partial charge in [-0.25, -0.2) is 0 Å². The van der Waals surface area contributed by atoms with Crippen molar-refractivity contribution in [3.8, 4) is 0 Å². The summed E-state index contributed by atoms with van der Waals surface area (Å²) < 4.78 is 76.1. The molecule has 0 aliphatic heterocycles. The van der Waals surface area contributed by atoms with Crippen LogP contribution in [0.4, 0.5) is 26.3 Å². The highest BCUT2D eigenvalue weighted by Crippen LogP contribution is 2.58. The number of rotatable bonds is 4. The van der Waals surface area contributed by atoms with E-state index in [4.69, 9.17) is 0 Å². The number of aliphatic hydroxyl groups is 1. The molecule has 2 fully saturated rings. The lowest BCUT2D eigenvalue weighted by Crippen LogP contribution is -2.57. The van der Waals surface area contributed by atoms with Crippen molar-refractivity contribution in [2.45, 2.75) is 63.9 Å². The highest BCUT2D eigenvalue weighted by Gasteiger charge is 2.70. The number of fused-ring (bicyclic) bond motifs is 2. The zero-order valence-corrected chi connectivity index (χ0v) is 12.6. The lowest BCUT2D eigenvalue weighted by atomic mass is 9.71. The number of hydrogen-bond acceptors (Lipinski definition) is 1. The molecule has 2 aliphatic carbocycles. The summed E-state index contributed by atoms with van der Waals surface area (Å²) in [6, 6.07) is 0. The molecule has 0 heterocycles. The van der Waals surface area contributed by atoms with E-state index < -0.39 is 24.4 Å². The van der Waals surface area contributed by atoms with Gasteiger partial charge in [-0.2, -0.15) is 26.3 Å². The monoisotopic (exact) mass is 332 g/mol. The molecule has 5 unspecified atom stereocenters. The number of alkyl halides is 6. The van der Waals surface area contributed by atoms with Crippen molar-refractivity contribution in [2.24, 2.45) is 29.6 Å². The van der Waals surface area contributed by atoms with Crippen LogP contribution in [-0.2, 0) is 0 Å². The lowest BCUT2D eigenvalue weighted by molar-refractivity contribution is -0.370. The third kappa shape index (κ3) is 2.74. The molecule has 130 valence electrons. The molecule has 0 aromatic rings. The summed E-state index contributed by atoms with van der Waals surface area (Å²) >= 11 is 0. The molecule has 0 amide bonds. The van der Waals surface area contributed by atoms with Gasteiger partial charge in [-0.05, 0) is 55.3 Å². The average Bonchev–Trinajstić information content (AvgIpc) is 2.90. The van der Waals surface area contributed by atoms with Crippen molar-refractivity contribution >= 4 is 0 Å². The molecule has 0 spiro atoms. The first-order valence-corrected chi connectivity index (χ1v) is 7.78. The minimum Gasteiger partial charge on any atom is -0.374 e. The quantitative estimate of drug-likeness (QED) is 0.723. The molecule has 0 aromatic heterocycles. The predicted octanol–water partition coefficient (Wildman–Crippen LogP) is 4.94. The van der Waals surface area contributed by atoms with Gasteiger partial charge in [-0.3, -0.25) is 0 Å². The van der Waals surface area contributed by atoms with Gasteiger partial charge >= 0.3 is 12.4 Å². The van der Waals surface area contributed by atoms with Crippen molar-refractivity contribution in [3.63, 3.8) is 0 Å². The van der Waals surface area contributed by atoms with Crippen molar-refractivity contribution in [2.75, 3.05) is 0 Å². The fourth-order valence-corrected chi connectivity index (χ4v) is 4.82. The third-order valence-electron chi connectivity index (χ3n) is 6.03. The minimum absolute atomic E-state index is 0.140. The molecule has 0 aromatic carbocycles. The SMILES string of the molecule is CCC1C2CC(CCC(O)(C(F)(F)F)C(F)(F)F)C(C2)C1C. The van der Waals surface area contributed by atoms with Crippen molar-refractivity contribution in [3.05, 3.63) is 0 Å². The normalized spacial score (nSPS) is 36.1. The van der Waals surface area contributed by atoms with Crippen LogP contribution in [0.2, 0.25) is 0 Å². The third-order valence-corrected chi connectivity index (χ3v) is 6.03. The largest absolute Gasteiger partial charge is 0.426 e. The first-order chi connectivity index (χ1) is 9.92. The van der Waals surface area contributed by atoms with Gasteiger partial charge in [0, 0.05) is 0 Å². The molecule has 2 bridgehead atoms. The van der Waals surface area contributed by atoms with E-state index in [1.54, 1.807) is 0 Å². The van der Waals surface area contributed by atoms with Gasteiger partial charge in [0.15, 0.2) is 0 Å². The highest BCUT2D eigenvalue weighted by molar-refractivity contribution is 5.01. The van der Waals surface area contributed by atoms with E-state index in [1.165, 1.54) is 0 Å². The molecule has 7 heteroatoms. The molecule has 1 N–H and O–H groups in total. The van der Waals surface area contributed by atoms with Crippen LogP contribution >= 0.6 is 0 Å². The van der Waals surface area contributed by atoms with Gasteiger partial charge in [0.25, 0.3) is 5.60 Å². The van der Waals surface area contributed by atoms with Gasteiger partial charge in [-0.1, -0.05) is 20.3 Å². The molecular weight excluding hydrogens is 310 g/mol. The van der Waals surface area contributed by atoms with Gasteiger partial charge in [0.05, 0.1) is 0 Å². The second kappa shape index (κ2) is 5.56. The second-order valence-electron chi connectivity index (χ2n) is 6.98. The Morgan fingerprint density at radius 3 is 1.95 bits per heavy atom. The minimum atomic E-state index is -5.69. The second-order valence-corrected chi connectivity index (χ2v) is 6.98. The van der Waals surface area contributed by atoms with Crippen LogP contribution in [0.25, 0.3) is 0 Å². The average molecular weight is 332 g/mol. The van der Waals surface area contributed by atoms with E-state index in [0.29, 0.717) is 24.2 Å². The van der Waals surface area contributed by atoms with E-state index in [9.17, 15) is 31.4 Å². The lowest BCUT2D eigenvalue weighted by Gasteiger charge is -2.37. The van der Waals surface area contributed by atoms with E-state index in [-0.39, 0.29) is 18.3 Å². The summed E-state index contributed by atoms with van der Waals surface area (Å²) in [5, 5.41) is 9.23. The van der Waals surface area contributed by atoms with Crippen molar-refractivity contribution in [1.82, 2.24) is 0 Å². The van der Waals surface area contributed by atoms with E-state index in [1.807, 2.05) is 6.92 Å². The smallest absolute Gasteiger partial charge is 0.374 e. The van der Waals surface area contributed by atoms with Gasteiger partial charge in [-0.15, -0.1) is 0 Å². The molecule has 22 heavy (non-hydrogen) atoms. The molecule has 2 rings (SSSR count). The highest BCUT2D eigenvalue weighted by atomic mass is 19.4. The summed E-state index contributed by atoms with van der Waals surface area (Å²) in [5.41, 5.74) is -4.59. The summed E-state index contributed by atoms with van der Waals surface area (Å²) in [5.74, 6) is 1.35. The molecule has 0 saturated heterocycles. The topological polar surface area (TPSA) is 20.2 Å². The first kappa shape index (κ1) is 17.9. The zero-order chi connectivity index (χ0) is 16.9. The number of halogens is 6. The van der Waals surface area contributed by atoms with Crippen LogP contribution in [0.5, 0.6) is 0 Å². The zero-order valence-electron chi connectivity index (χ0n) is 12.6. The molecule has 2 saturated carbocycles. The summed E-state index contributed by atoms with van der Waals surface area (Å²) in [6.07, 6.45) is -10.3. The van der Waals surface area contributed by atoms with Crippen LogP contribution in [0.15, 0.2) is 0 Å². The standard InChI is InChI=1S/C15H22F6O/c1-3-11-8(2)12-7-10(11)6-9(12)4-5-13(22,14(16,17)18)15(19,20)21/h8-12,22H,3-7H2,1-2H3. The Morgan fingerprint density at radius 1 is 1.00 bits per heavy atom. The Kier molecular flexibility index (Phi) is 4.52. The molecule has 0 radical (unpaired) electrons. The van der Waals surface area contributed by atoms with E-state index in [2.05, 4.69) is 6.92 Å². The van der Waals surface area contributed by atoms with Gasteiger partial charge < -0.3 is 5.11 Å². The fourth-order valence-electron chi connectivity index (χ4n) is 4.82. The molecular formula is C15H22F6O. The maximum atomic E-state index is 12.7. The maximum absolute atomic E-state index is 12.7. The Labute approximate surface area is 126 Å². The molecule has 2 aliphatic rings. The maximum Gasteiger partial charge on any atom is 0.426 e. The van der Waals surface area contributed by atoms with Crippen LogP contribution in [0.3, 0.4) is 0 Å². The summed E-state index contributed by atoms with van der Waals surface area (Å²) in [6.45, 7) is 4.12. The Morgan fingerprint density at radius 2 is 1.55 bits per heavy atom. The summed E-state index contributed by atoms with van der Waals surface area (Å²) in [4.78, 5) is 0. The summed E-state index contributed by atoms with van der Waals surface area (Å²) in [7, 11) is 0. The Hall–Kier alpha value is -0.460. The van der Waals surface area contributed by atoms with Crippen LogP contribution < -0.4 is 0 Å². The van der Waals surface area contributed by atoms with Crippen LogP contribution in [0.1, 0.15) is 46.0 Å². The van der Waals surface area contributed by atoms with E-state index >= 15 is 0 Å². The fraction of sp³-hybridized carbons (Fsp3) is 1.00. The van der Waals surface area contributed by atoms with Gasteiger partial charge in [0.1, 0.15) is 0 Å². The predicted molar refractivity (Wildman–Crippen MR) is 68.9 cm³/mol. The van der Waals surface area contributed by atoms with Crippen molar-refractivity contribution < 1.29 is 31.4 Å². The van der Waals surface area contributed by atoms with E-state index in [0.717, 1.165) is 12.8 Å². The Bertz CT molecular complexity index is 386. The van der Waals surface area contributed by atoms with Gasteiger partial charge in [0.2, 0.25) is 0 Å². The Balaban J connectivity index is 2.04. The van der Waals surface area contributed by atoms with Crippen LogP contribution in [0, 0.1) is 29.6 Å².